The molecule has 1 aromatic carbocycles. The number of aromatic amines is 2. The lowest BCUT2D eigenvalue weighted by Gasteiger charge is -2.33. The number of benzene rings is 1. The van der Waals surface area contributed by atoms with Gasteiger partial charge in [-0.05, 0) is 30.2 Å². The highest BCUT2D eigenvalue weighted by Gasteiger charge is 2.38. The number of carboxylic acid groups (broad SMARTS) is 1. The molecular weight excluding hydrogens is 732 g/mol. The van der Waals surface area contributed by atoms with Crippen LogP contribution in [0.2, 0.25) is 0 Å². The minimum Gasteiger partial charge on any atom is -0.480 e. The van der Waals surface area contributed by atoms with Crippen LogP contribution >= 0.6 is 0 Å². The molecule has 0 radical (unpaired) electrons. The molecule has 5 rings (SSSR count). The van der Waals surface area contributed by atoms with E-state index in [2.05, 4.69) is 36.2 Å². The van der Waals surface area contributed by atoms with Gasteiger partial charge in [0.1, 0.15) is 24.2 Å². The van der Waals surface area contributed by atoms with E-state index < -0.39 is 90.1 Å². The van der Waals surface area contributed by atoms with E-state index in [-0.39, 0.29) is 25.8 Å². The summed E-state index contributed by atoms with van der Waals surface area (Å²) in [5.74, 6) is -3.47. The molecule has 4 heterocycles. The van der Waals surface area contributed by atoms with Crippen molar-refractivity contribution in [2.45, 2.75) is 68.8 Å². The Morgan fingerprint density at radius 2 is 1.79 bits per heavy atom. The highest BCUT2D eigenvalue weighted by molar-refractivity contribution is 5.93. The number of nitrogens with one attached hydrogen (secondary N) is 6. The predicted molar refractivity (Wildman–Crippen MR) is 199 cm³/mol. The summed E-state index contributed by atoms with van der Waals surface area (Å²) in [5.41, 5.74) is 6.11. The number of hydrogen-bond acceptors (Lipinski definition) is 11. The maximum atomic E-state index is 14.0. The highest BCUT2D eigenvalue weighted by Crippen LogP contribution is 2.27. The zero-order valence-electron chi connectivity index (χ0n) is 30.5. The van der Waals surface area contributed by atoms with Crippen molar-refractivity contribution >= 4 is 40.6 Å². The lowest BCUT2D eigenvalue weighted by atomic mass is 10.0. The number of pyridine rings is 1. The van der Waals surface area contributed by atoms with E-state index in [4.69, 9.17) is 10.5 Å². The topological polar surface area (TPSA) is 296 Å². The van der Waals surface area contributed by atoms with E-state index in [1.54, 1.807) is 24.4 Å². The first-order chi connectivity index (χ1) is 26.7. The first-order valence-corrected chi connectivity index (χ1v) is 17.7. The minimum absolute atomic E-state index is 0.00147. The third kappa shape index (κ3) is 10.0. The van der Waals surface area contributed by atoms with Gasteiger partial charge >= 0.3 is 17.7 Å². The van der Waals surface area contributed by atoms with Crippen molar-refractivity contribution in [3.8, 4) is 0 Å². The molecule has 0 saturated carbocycles. The number of fused-ring (bicyclic) bond motifs is 1. The Kier molecular flexibility index (Phi) is 13.3. The number of nitrogens with zero attached hydrogens (tertiary/aromatic N) is 3. The van der Waals surface area contributed by atoms with Gasteiger partial charge in [0.2, 0.25) is 17.7 Å². The minimum atomic E-state index is -1.43. The van der Waals surface area contributed by atoms with E-state index in [1.807, 2.05) is 18.2 Å². The number of carboxylic acids is 1. The van der Waals surface area contributed by atoms with Crippen LogP contribution in [0.5, 0.6) is 0 Å². The SMILES string of the molecule is C[C@@H]([C@H](NC(=O)C(Cc1cccnc1)NC(=O)N[C@@H](Cc1c[nH]c2ccccc12)C(=O)O)C(=O)NC[C@H]1C[C@@H](O)[C@H](n2ccc(=O)[nH]c2=O)O1)N(C)C(=O)CN. The number of aliphatic hydroxyl groups is 1. The first-order valence-electron chi connectivity index (χ1n) is 17.7. The monoisotopic (exact) mass is 776 g/mol. The van der Waals surface area contributed by atoms with Gasteiger partial charge in [-0.25, -0.2) is 14.4 Å². The second-order valence-corrected chi connectivity index (χ2v) is 13.3. The summed E-state index contributed by atoms with van der Waals surface area (Å²) >= 11 is 0. The number of hydrogen-bond donors (Lipinski definition) is 9. The maximum absolute atomic E-state index is 14.0. The molecule has 7 atom stereocenters. The highest BCUT2D eigenvalue weighted by atomic mass is 16.5. The van der Waals surface area contributed by atoms with E-state index in [0.29, 0.717) is 11.1 Å². The number of carbonyl (C=O) groups excluding carboxylic acids is 4. The standard InChI is InChI=1S/C36H44N10O10/c1-19(45(2)29(49)15-37)30(32(51)40-18-22-14-27(47)33(56-22)46-11-9-28(48)43-36(46)55)44-31(50)25(12-20-6-5-10-38-16-20)41-35(54)42-26(34(52)53)13-21-17-39-24-8-4-3-7-23(21)24/h3-11,16-17,19,22,25-27,30,33,39,47H,12-15,18,37H2,1-2H3,(H,40,51)(H,44,50)(H,52,53)(H2,41,42,54)(H,43,48,55)/t19-,22+,25?,26-,27+,30-,33+/m0/s1. The number of amides is 5. The van der Waals surface area contributed by atoms with Gasteiger partial charge in [0.05, 0.1) is 18.7 Å². The molecule has 4 aromatic rings. The Morgan fingerprint density at radius 1 is 1.04 bits per heavy atom. The lowest BCUT2D eigenvalue weighted by Crippen LogP contribution is -2.62. The number of carbonyl (C=O) groups is 5. The number of para-hydroxylation sites is 1. The van der Waals surface area contributed by atoms with Crippen LogP contribution in [0.25, 0.3) is 10.9 Å². The number of nitrogens with two attached hydrogens (primary N) is 1. The Bertz CT molecular complexity index is 2150. The largest absolute Gasteiger partial charge is 0.480 e. The smallest absolute Gasteiger partial charge is 0.330 e. The van der Waals surface area contributed by atoms with Crippen molar-refractivity contribution in [3.05, 3.63) is 99.2 Å². The third-order valence-corrected chi connectivity index (χ3v) is 9.52. The molecule has 1 fully saturated rings. The molecule has 0 spiro atoms. The quantitative estimate of drug-likeness (QED) is 0.0602. The van der Waals surface area contributed by atoms with Crippen molar-refractivity contribution in [2.24, 2.45) is 5.73 Å². The molecule has 298 valence electrons. The summed E-state index contributed by atoms with van der Waals surface area (Å²) in [6, 6.07) is 5.51. The van der Waals surface area contributed by atoms with Gasteiger partial charge in [-0.2, -0.15) is 0 Å². The van der Waals surface area contributed by atoms with Crippen molar-refractivity contribution in [1.82, 2.24) is 45.7 Å². The Labute approximate surface area is 318 Å². The lowest BCUT2D eigenvalue weighted by molar-refractivity contribution is -0.139. The van der Waals surface area contributed by atoms with Crippen LogP contribution < -0.4 is 38.2 Å². The fourth-order valence-electron chi connectivity index (χ4n) is 6.36. The molecule has 56 heavy (non-hydrogen) atoms. The molecule has 1 aliphatic heterocycles. The summed E-state index contributed by atoms with van der Waals surface area (Å²) in [6.07, 6.45) is 2.50. The van der Waals surface area contributed by atoms with Crippen LogP contribution in [0.4, 0.5) is 4.79 Å². The Balaban J connectivity index is 1.31. The third-order valence-electron chi connectivity index (χ3n) is 9.52. The van der Waals surface area contributed by atoms with Crippen molar-refractivity contribution in [3.63, 3.8) is 0 Å². The van der Waals surface area contributed by atoms with Crippen LogP contribution in [0, 0.1) is 0 Å². The average Bonchev–Trinajstić information content (AvgIpc) is 3.77. The number of likely N-dealkylation sites (N-methyl/N-ethyl adjacent to an activating group) is 1. The van der Waals surface area contributed by atoms with E-state index in [1.165, 1.54) is 37.5 Å². The average molecular weight is 777 g/mol. The molecule has 3 aromatic heterocycles. The Morgan fingerprint density at radius 3 is 2.48 bits per heavy atom. The van der Waals surface area contributed by atoms with Crippen molar-refractivity contribution < 1.29 is 38.9 Å². The zero-order chi connectivity index (χ0) is 40.5. The van der Waals surface area contributed by atoms with Gasteiger partial charge in [0.15, 0.2) is 6.23 Å². The molecule has 20 nitrogen and oxygen atoms in total. The van der Waals surface area contributed by atoms with E-state index >= 15 is 0 Å². The van der Waals surface area contributed by atoms with Crippen LogP contribution in [0.15, 0.2) is 76.8 Å². The second kappa shape index (κ2) is 18.3. The van der Waals surface area contributed by atoms with E-state index in [9.17, 15) is 43.8 Å². The van der Waals surface area contributed by atoms with Gasteiger partial charge in [0.25, 0.3) is 5.56 Å². The molecule has 0 aliphatic carbocycles. The fourth-order valence-corrected chi connectivity index (χ4v) is 6.36. The van der Waals surface area contributed by atoms with Gasteiger partial charge in [-0.3, -0.25) is 33.7 Å². The number of ether oxygens (including phenoxy) is 1. The van der Waals surface area contributed by atoms with Gasteiger partial charge in [-0.15, -0.1) is 0 Å². The molecule has 0 bridgehead atoms. The summed E-state index contributed by atoms with van der Waals surface area (Å²) in [6.45, 7) is 0.924. The van der Waals surface area contributed by atoms with Crippen molar-refractivity contribution in [2.75, 3.05) is 20.1 Å². The maximum Gasteiger partial charge on any atom is 0.330 e. The van der Waals surface area contributed by atoms with Gasteiger partial charge in [-0.1, -0.05) is 24.3 Å². The van der Waals surface area contributed by atoms with Crippen LogP contribution in [-0.2, 0) is 36.8 Å². The zero-order valence-corrected chi connectivity index (χ0v) is 30.5. The summed E-state index contributed by atoms with van der Waals surface area (Å²) in [4.78, 5) is 100. The molecule has 10 N–H and O–H groups in total. The number of aliphatic hydroxyl groups excluding tert-OH is 1. The fraction of sp³-hybridized carbons (Fsp3) is 0.389. The normalized spacial score (nSPS) is 18.6. The number of H-pyrrole nitrogens is 2. The first kappa shape index (κ1) is 40.8. The molecular formula is C36H44N10O10. The van der Waals surface area contributed by atoms with E-state index in [0.717, 1.165) is 21.5 Å². The number of urea groups is 1. The molecule has 1 aliphatic rings. The molecule has 1 saturated heterocycles. The number of aromatic nitrogens is 4. The van der Waals surface area contributed by atoms with Gasteiger partial charge < -0.3 is 51.8 Å². The summed E-state index contributed by atoms with van der Waals surface area (Å²) in [5, 5.41) is 31.6. The summed E-state index contributed by atoms with van der Waals surface area (Å²) < 4.78 is 6.82. The second-order valence-electron chi connectivity index (χ2n) is 13.3. The summed E-state index contributed by atoms with van der Waals surface area (Å²) in [7, 11) is 1.40. The van der Waals surface area contributed by atoms with Crippen molar-refractivity contribution in [1.29, 1.82) is 0 Å². The predicted octanol–water partition coefficient (Wildman–Crippen LogP) is -1.93. The van der Waals surface area contributed by atoms with Crippen LogP contribution in [0.1, 0.15) is 30.7 Å². The molecule has 1 unspecified atom stereocenters. The Hall–Kier alpha value is -6.38. The van der Waals surface area contributed by atoms with Crippen LogP contribution in [-0.4, -0.2) is 121 Å². The van der Waals surface area contributed by atoms with Crippen LogP contribution in [0.3, 0.4) is 0 Å². The number of rotatable bonds is 16. The van der Waals surface area contributed by atoms with Gasteiger partial charge in [0, 0.05) is 74.6 Å². The molecule has 20 heteroatoms. The number of aliphatic carboxylic acids is 1. The molecule has 5 amide bonds.